The standard InChI is InChI=1S/C23H31N5O/c1-3-18(4-2)14-23(29)28-11-9-27(10-12-28)22(21-16-25-17-26-21)13-19-5-7-20(15-24)8-6-19/h5-8,16-18,22H,3-4,9-14H2,1-2H3,(H,25,26). The van der Waals surface area contributed by atoms with Crippen LogP contribution in [0.15, 0.2) is 36.8 Å². The number of imidazole rings is 1. The fourth-order valence-corrected chi connectivity index (χ4v) is 4.06. The van der Waals surface area contributed by atoms with Gasteiger partial charge >= 0.3 is 0 Å². The molecule has 0 bridgehead atoms. The van der Waals surface area contributed by atoms with Crippen LogP contribution in [0.2, 0.25) is 0 Å². The average molecular weight is 394 g/mol. The van der Waals surface area contributed by atoms with Gasteiger partial charge in [-0.15, -0.1) is 0 Å². The highest BCUT2D eigenvalue weighted by Crippen LogP contribution is 2.25. The molecule has 6 nitrogen and oxygen atoms in total. The van der Waals surface area contributed by atoms with Crippen LogP contribution in [0.4, 0.5) is 0 Å². The highest BCUT2D eigenvalue weighted by atomic mass is 16.2. The van der Waals surface area contributed by atoms with E-state index in [-0.39, 0.29) is 6.04 Å². The van der Waals surface area contributed by atoms with E-state index in [1.807, 2.05) is 35.4 Å². The fourth-order valence-electron chi connectivity index (χ4n) is 4.06. The Morgan fingerprint density at radius 3 is 2.41 bits per heavy atom. The zero-order valence-electron chi connectivity index (χ0n) is 17.5. The van der Waals surface area contributed by atoms with Crippen molar-refractivity contribution in [2.75, 3.05) is 26.2 Å². The zero-order chi connectivity index (χ0) is 20.6. The average Bonchev–Trinajstić information content (AvgIpc) is 3.31. The number of piperazine rings is 1. The predicted octanol–water partition coefficient (Wildman–Crippen LogP) is 3.54. The number of aromatic amines is 1. The molecule has 2 aromatic rings. The normalized spacial score (nSPS) is 16.0. The number of carbonyl (C=O) groups is 1. The van der Waals surface area contributed by atoms with Crippen molar-refractivity contribution in [1.29, 1.82) is 5.26 Å². The summed E-state index contributed by atoms with van der Waals surface area (Å²) in [5, 5.41) is 9.02. The highest BCUT2D eigenvalue weighted by Gasteiger charge is 2.28. The lowest BCUT2D eigenvalue weighted by molar-refractivity contribution is -0.134. The summed E-state index contributed by atoms with van der Waals surface area (Å²) < 4.78 is 0. The molecule has 0 radical (unpaired) electrons. The number of benzene rings is 1. The topological polar surface area (TPSA) is 76.0 Å². The quantitative estimate of drug-likeness (QED) is 0.744. The van der Waals surface area contributed by atoms with Crippen LogP contribution in [0, 0.1) is 17.2 Å². The fraction of sp³-hybridized carbons (Fsp3) is 0.522. The van der Waals surface area contributed by atoms with Crippen molar-refractivity contribution in [2.45, 2.75) is 45.6 Å². The second kappa shape index (κ2) is 10.2. The van der Waals surface area contributed by atoms with E-state index in [2.05, 4.69) is 34.8 Å². The number of amides is 1. The van der Waals surface area contributed by atoms with Gasteiger partial charge in [0, 0.05) is 38.8 Å². The van der Waals surface area contributed by atoms with Crippen LogP contribution in [0.1, 0.15) is 56.0 Å². The minimum atomic E-state index is 0.182. The molecule has 3 rings (SSSR count). The molecule has 1 unspecified atom stereocenters. The largest absolute Gasteiger partial charge is 0.347 e. The molecule has 0 spiro atoms. The van der Waals surface area contributed by atoms with Gasteiger partial charge in [0.25, 0.3) is 0 Å². The van der Waals surface area contributed by atoms with Crippen LogP contribution < -0.4 is 0 Å². The summed E-state index contributed by atoms with van der Waals surface area (Å²) in [7, 11) is 0. The molecular weight excluding hydrogens is 362 g/mol. The Kier molecular flexibility index (Phi) is 7.42. The third-order valence-corrected chi connectivity index (χ3v) is 6.12. The first-order chi connectivity index (χ1) is 14.1. The van der Waals surface area contributed by atoms with Gasteiger partial charge in [-0.2, -0.15) is 5.26 Å². The third-order valence-electron chi connectivity index (χ3n) is 6.12. The van der Waals surface area contributed by atoms with E-state index in [0.29, 0.717) is 23.8 Å². The van der Waals surface area contributed by atoms with E-state index in [1.165, 1.54) is 5.56 Å². The predicted molar refractivity (Wildman–Crippen MR) is 113 cm³/mol. The van der Waals surface area contributed by atoms with Gasteiger partial charge in [-0.05, 0) is 30.0 Å². The Morgan fingerprint density at radius 1 is 1.17 bits per heavy atom. The maximum absolute atomic E-state index is 12.6. The number of aromatic nitrogens is 2. The van der Waals surface area contributed by atoms with Gasteiger partial charge in [-0.1, -0.05) is 38.8 Å². The zero-order valence-corrected chi connectivity index (χ0v) is 17.5. The lowest BCUT2D eigenvalue weighted by Crippen LogP contribution is -2.50. The third kappa shape index (κ3) is 5.45. The minimum absolute atomic E-state index is 0.182. The van der Waals surface area contributed by atoms with Crippen molar-refractivity contribution >= 4 is 5.91 Å². The summed E-state index contributed by atoms with van der Waals surface area (Å²) in [6, 6.07) is 10.1. The van der Waals surface area contributed by atoms with Crippen LogP contribution in [0.3, 0.4) is 0 Å². The molecular formula is C23H31N5O. The van der Waals surface area contributed by atoms with Gasteiger partial charge in [-0.3, -0.25) is 9.69 Å². The Morgan fingerprint density at radius 2 is 1.86 bits per heavy atom. The van der Waals surface area contributed by atoms with Crippen LogP contribution in [0.5, 0.6) is 0 Å². The molecule has 29 heavy (non-hydrogen) atoms. The summed E-state index contributed by atoms with van der Waals surface area (Å²) in [5.74, 6) is 0.790. The van der Waals surface area contributed by atoms with E-state index < -0.39 is 0 Å². The van der Waals surface area contributed by atoms with Crippen LogP contribution in [0.25, 0.3) is 0 Å². The van der Waals surface area contributed by atoms with Crippen molar-refractivity contribution in [3.05, 3.63) is 53.6 Å². The second-order valence-corrected chi connectivity index (χ2v) is 7.84. The Bertz CT molecular complexity index is 797. The van der Waals surface area contributed by atoms with Gasteiger partial charge in [-0.25, -0.2) is 4.98 Å². The summed E-state index contributed by atoms with van der Waals surface area (Å²) in [5.41, 5.74) is 2.96. The van der Waals surface area contributed by atoms with Crippen molar-refractivity contribution in [3.63, 3.8) is 0 Å². The number of rotatable bonds is 8. The maximum atomic E-state index is 12.6. The first-order valence-electron chi connectivity index (χ1n) is 10.6. The van der Waals surface area contributed by atoms with Gasteiger partial charge < -0.3 is 9.88 Å². The number of H-pyrrole nitrogens is 1. The van der Waals surface area contributed by atoms with E-state index in [1.54, 1.807) is 6.33 Å². The molecule has 1 fully saturated rings. The molecule has 1 aromatic heterocycles. The van der Waals surface area contributed by atoms with E-state index in [4.69, 9.17) is 5.26 Å². The number of nitrogens with zero attached hydrogens (tertiary/aromatic N) is 4. The molecule has 0 aliphatic carbocycles. The van der Waals surface area contributed by atoms with Gasteiger partial charge in [0.1, 0.15) is 0 Å². The summed E-state index contributed by atoms with van der Waals surface area (Å²) in [6.45, 7) is 7.59. The Labute approximate surface area is 173 Å². The Hall–Kier alpha value is -2.65. The van der Waals surface area contributed by atoms with Gasteiger partial charge in [0.05, 0.1) is 29.7 Å². The Balaban J connectivity index is 1.64. The number of carbonyl (C=O) groups excluding carboxylic acids is 1. The molecule has 154 valence electrons. The minimum Gasteiger partial charge on any atom is -0.347 e. The molecule has 1 aliphatic rings. The smallest absolute Gasteiger partial charge is 0.222 e. The molecule has 1 N–H and O–H groups in total. The van der Waals surface area contributed by atoms with E-state index >= 15 is 0 Å². The molecule has 2 heterocycles. The van der Waals surface area contributed by atoms with Crippen molar-refractivity contribution in [3.8, 4) is 6.07 Å². The maximum Gasteiger partial charge on any atom is 0.222 e. The van der Waals surface area contributed by atoms with Crippen molar-refractivity contribution in [1.82, 2.24) is 19.8 Å². The second-order valence-electron chi connectivity index (χ2n) is 7.84. The number of hydrogen-bond donors (Lipinski definition) is 1. The van der Waals surface area contributed by atoms with Gasteiger partial charge in [0.2, 0.25) is 5.91 Å². The summed E-state index contributed by atoms with van der Waals surface area (Å²) >= 11 is 0. The molecule has 1 atom stereocenters. The molecule has 6 heteroatoms. The number of nitriles is 1. The SMILES string of the molecule is CCC(CC)CC(=O)N1CCN(C(Cc2ccc(C#N)cc2)c2cnc[nH]2)CC1. The van der Waals surface area contributed by atoms with E-state index in [0.717, 1.165) is 51.1 Å². The number of nitrogens with one attached hydrogen (secondary N) is 1. The van der Waals surface area contributed by atoms with E-state index in [9.17, 15) is 4.79 Å². The van der Waals surface area contributed by atoms with Crippen LogP contribution >= 0.6 is 0 Å². The molecule has 1 aliphatic heterocycles. The molecule has 1 aromatic carbocycles. The molecule has 0 saturated carbocycles. The molecule has 1 amide bonds. The summed E-state index contributed by atoms with van der Waals surface area (Å²) in [4.78, 5) is 24.6. The highest BCUT2D eigenvalue weighted by molar-refractivity contribution is 5.76. The molecule has 1 saturated heterocycles. The van der Waals surface area contributed by atoms with Crippen molar-refractivity contribution in [2.24, 2.45) is 5.92 Å². The summed E-state index contributed by atoms with van der Waals surface area (Å²) in [6.07, 6.45) is 7.25. The van der Waals surface area contributed by atoms with Crippen LogP contribution in [-0.2, 0) is 11.2 Å². The lowest BCUT2D eigenvalue weighted by atomic mass is 9.98. The first kappa shape index (κ1) is 21.1. The first-order valence-corrected chi connectivity index (χ1v) is 10.6. The van der Waals surface area contributed by atoms with Gasteiger partial charge in [0.15, 0.2) is 0 Å². The van der Waals surface area contributed by atoms with Crippen molar-refractivity contribution < 1.29 is 4.79 Å². The van der Waals surface area contributed by atoms with Crippen LogP contribution in [-0.4, -0.2) is 51.9 Å². The number of hydrogen-bond acceptors (Lipinski definition) is 4. The lowest BCUT2D eigenvalue weighted by Gasteiger charge is -2.39. The monoisotopic (exact) mass is 393 g/mol.